The summed E-state index contributed by atoms with van der Waals surface area (Å²) in [5.41, 5.74) is 7.71. The summed E-state index contributed by atoms with van der Waals surface area (Å²) in [7, 11) is 3.14. The summed E-state index contributed by atoms with van der Waals surface area (Å²) in [4.78, 5) is 65.2. The van der Waals surface area contributed by atoms with Crippen LogP contribution in [0.15, 0.2) is 350 Å². The van der Waals surface area contributed by atoms with Crippen LogP contribution in [0.25, 0.3) is 0 Å². The zero-order valence-corrected chi connectivity index (χ0v) is 81.4. The second-order valence-electron chi connectivity index (χ2n) is 35.2. The first-order chi connectivity index (χ1) is 64.1. The second-order valence-corrected chi connectivity index (χ2v) is 43.3. The van der Waals surface area contributed by atoms with Crippen molar-refractivity contribution in [3.05, 3.63) is 336 Å². The standard InChI is InChI=1S/C36H41O4S.C27H26F7OS.C25H30NOS.C24H23O4S/c1-24-14-33(41(31-10-6-4-7-11-31)32-12-8-5-9-13-32)15-25(2)35(24)40-23-34(38)39-22-30(37)21-36(3)28-17-26-16-27(19-28)20-29(36)18-26;1-19-16-23(36(21-10-5-3-6-11-21)22-12-7-4-8-13-22)17-20(2)24(19)35-15-9-14-25(28,29)18-26(30,31)27(32,33)34;1-20-18-24(19-21(2)25(20)27-17-11-16-26(3)4)28(22-12-7-5-8-13-22)23-14-9-6-10-15-23;1-17-14-22(15-18(2)24(17)28-23(26)16-27-19(3)25)29(20-10-6-4-7-11-20)21-12-8-5-9-13-21/h4-15,26-29H,16-23H2,1-3H3;3-8,10-13,16-17H,9,14-15,18H2,1-2H3;5-10,12-15,18-19H,11,16-17H2,1-4H3;4-15H,16H2,1-3H3/q4*+1. The minimum atomic E-state index is -6.01. The molecule has 4 aliphatic carbocycles. The maximum atomic E-state index is 13.8. The lowest BCUT2D eigenvalue weighted by atomic mass is 9.45. The number of ketones is 1. The normalized spacial score (nSPS) is 16.1. The molecule has 0 spiro atoms. The SMILES string of the molecule is CC(=O)OCC(=O)Oc1c(C)cc([S+](c2ccccc2)c2ccccc2)cc1C.Cc1cc([S+](c2ccccc2)c2ccccc2)cc(C)c1OCC(=O)OCC(=O)CC1(C)C2CC3CC(C2)CC1C3.Cc1cc([S+](c2ccccc2)c2ccccc2)cc(C)c1OCCCC(F)(F)CC(F)(F)C(F)(F)F.Cc1cc([S+](c2ccccc2)c2ccccc2)cc(C)c1OCCCN(C)C. The van der Waals surface area contributed by atoms with E-state index in [-0.39, 0.29) is 70.1 Å². The molecule has 0 aliphatic heterocycles. The molecule has 12 aromatic carbocycles. The first-order valence-electron chi connectivity index (χ1n) is 45.3. The molecular formula is C112H120F7NO10S4+4. The van der Waals surface area contributed by atoms with E-state index in [1.165, 1.54) is 89.3 Å². The summed E-state index contributed by atoms with van der Waals surface area (Å²) in [6.07, 6.45) is -2.03. The maximum Gasteiger partial charge on any atom is 0.453 e. The second kappa shape index (κ2) is 47.5. The van der Waals surface area contributed by atoms with Crippen molar-refractivity contribution in [3.8, 4) is 23.0 Å². The zero-order chi connectivity index (χ0) is 95.9. The van der Waals surface area contributed by atoms with Crippen molar-refractivity contribution in [2.45, 2.75) is 210 Å². The van der Waals surface area contributed by atoms with Crippen molar-refractivity contribution in [2.75, 3.05) is 53.7 Å². The smallest absolute Gasteiger partial charge is 0.453 e. The van der Waals surface area contributed by atoms with E-state index >= 15 is 0 Å². The fraction of sp³-hybridized carbons (Fsp3) is 0.321. The van der Waals surface area contributed by atoms with Crippen LogP contribution in [-0.4, -0.2) is 100 Å². The summed E-state index contributed by atoms with van der Waals surface area (Å²) in [5.74, 6) is -5.41. The lowest BCUT2D eigenvalue weighted by Crippen LogP contribution is -2.52. The van der Waals surface area contributed by atoms with Gasteiger partial charge in [-0.05, 0) is 285 Å². The van der Waals surface area contributed by atoms with E-state index in [0.29, 0.717) is 35.5 Å². The van der Waals surface area contributed by atoms with Crippen LogP contribution in [0.5, 0.6) is 23.0 Å². The van der Waals surface area contributed by atoms with Crippen LogP contribution < -0.4 is 18.9 Å². The van der Waals surface area contributed by atoms with E-state index < -0.39 is 66.3 Å². The molecule has 702 valence electrons. The molecule has 0 aromatic heterocycles. The molecule has 0 amide bonds. The Morgan fingerprint density at radius 3 is 0.925 bits per heavy atom. The zero-order valence-electron chi connectivity index (χ0n) is 78.1. The molecule has 0 N–H and O–H groups in total. The average Bonchev–Trinajstić information content (AvgIpc) is 0.730. The Kier molecular flexibility index (Phi) is 36.1. The molecule has 4 aliphatic rings. The average molecular weight is 1900 g/mol. The molecule has 22 heteroatoms. The van der Waals surface area contributed by atoms with Crippen molar-refractivity contribution < 1.29 is 78.3 Å². The quantitative estimate of drug-likeness (QED) is 0.0126. The largest absolute Gasteiger partial charge is 0.493 e. The Labute approximate surface area is 796 Å². The van der Waals surface area contributed by atoms with Gasteiger partial charge in [0.2, 0.25) is 0 Å². The van der Waals surface area contributed by atoms with Crippen molar-refractivity contribution >= 4 is 67.3 Å². The summed E-state index contributed by atoms with van der Waals surface area (Å²) in [5, 5.41) is 0. The van der Waals surface area contributed by atoms with Gasteiger partial charge >= 0.3 is 30.0 Å². The highest BCUT2D eigenvalue weighted by Gasteiger charge is 2.62. The van der Waals surface area contributed by atoms with Crippen LogP contribution in [0.4, 0.5) is 30.7 Å². The van der Waals surface area contributed by atoms with E-state index in [4.69, 9.17) is 28.4 Å². The molecule has 16 rings (SSSR count). The fourth-order valence-electron chi connectivity index (χ4n) is 18.3. The molecule has 12 aromatic rings. The van der Waals surface area contributed by atoms with Crippen LogP contribution in [0.2, 0.25) is 0 Å². The number of rotatable bonds is 34. The number of esters is 3. The Morgan fingerprint density at radius 1 is 0.358 bits per heavy atom. The number of Topliss-reactive ketones (excluding diaryl/α,β-unsaturated/α-hetero) is 1. The lowest BCUT2D eigenvalue weighted by molar-refractivity contribution is -0.301. The molecular weight excluding hydrogens is 1780 g/mol. The molecule has 0 radical (unpaired) electrons. The van der Waals surface area contributed by atoms with Gasteiger partial charge in [-0.2, -0.15) is 22.0 Å². The fourth-order valence-corrected chi connectivity index (χ4v) is 27.3. The number of carbonyl (C=O) groups excluding carboxylic acids is 4. The van der Waals surface area contributed by atoms with Gasteiger partial charge in [-0.15, -0.1) is 0 Å². The first-order valence-corrected chi connectivity index (χ1v) is 50.2. The highest BCUT2D eigenvalue weighted by atomic mass is 32.2. The number of aryl methyl sites for hydroxylation is 8. The van der Waals surface area contributed by atoms with Gasteiger partial charge in [0.05, 0.1) is 63.2 Å². The third-order valence-corrected chi connectivity index (χ3v) is 33.0. The molecule has 4 saturated carbocycles. The van der Waals surface area contributed by atoms with E-state index in [1.807, 2.05) is 163 Å². The molecule has 4 bridgehead atoms. The number of halogens is 7. The van der Waals surface area contributed by atoms with Gasteiger partial charge in [0.15, 0.2) is 77.7 Å². The first kappa shape index (κ1) is 102. The van der Waals surface area contributed by atoms with E-state index in [1.54, 1.807) is 0 Å². The topological polar surface area (TPSA) is 127 Å². The van der Waals surface area contributed by atoms with Gasteiger partial charge in [-0.3, -0.25) is 9.59 Å². The van der Waals surface area contributed by atoms with E-state index in [9.17, 15) is 49.9 Å². The molecule has 134 heavy (non-hydrogen) atoms. The molecule has 0 unspecified atom stereocenters. The number of benzene rings is 12. The predicted molar refractivity (Wildman–Crippen MR) is 521 cm³/mol. The third-order valence-electron chi connectivity index (χ3n) is 24.3. The molecule has 11 nitrogen and oxygen atoms in total. The highest BCUT2D eigenvalue weighted by Crippen LogP contribution is 2.63. The predicted octanol–water partition coefficient (Wildman–Crippen LogP) is 27.1. The van der Waals surface area contributed by atoms with Crippen LogP contribution in [-0.2, 0) is 72.2 Å². The summed E-state index contributed by atoms with van der Waals surface area (Å²) in [6.45, 7) is 20.2. The highest BCUT2D eigenvalue weighted by molar-refractivity contribution is 7.98. The number of alkyl halides is 7. The van der Waals surface area contributed by atoms with Gasteiger partial charge < -0.3 is 33.3 Å². The Morgan fingerprint density at radius 2 is 0.642 bits per heavy atom. The molecule has 0 heterocycles. The van der Waals surface area contributed by atoms with Crippen LogP contribution >= 0.6 is 0 Å². The van der Waals surface area contributed by atoms with Crippen LogP contribution in [0, 0.1) is 84.5 Å². The Bertz CT molecular complexity index is 5570. The van der Waals surface area contributed by atoms with Crippen LogP contribution in [0.1, 0.15) is 123 Å². The van der Waals surface area contributed by atoms with Crippen molar-refractivity contribution in [2.24, 2.45) is 29.1 Å². The summed E-state index contributed by atoms with van der Waals surface area (Å²) >= 11 is 0. The van der Waals surface area contributed by atoms with Gasteiger partial charge in [0, 0.05) is 74.8 Å². The Balaban J connectivity index is 0.000000163. The van der Waals surface area contributed by atoms with Crippen molar-refractivity contribution in [1.82, 2.24) is 4.90 Å². The van der Waals surface area contributed by atoms with Crippen molar-refractivity contribution in [3.63, 3.8) is 0 Å². The van der Waals surface area contributed by atoms with Crippen LogP contribution in [0.3, 0.4) is 0 Å². The van der Waals surface area contributed by atoms with Gasteiger partial charge in [-0.25, -0.2) is 18.4 Å². The number of carbonyl (C=O) groups is 4. The number of nitrogens with zero attached hydrogens (tertiary/aromatic N) is 1. The monoisotopic (exact) mass is 1900 g/mol. The van der Waals surface area contributed by atoms with Gasteiger partial charge in [0.25, 0.3) is 5.92 Å². The van der Waals surface area contributed by atoms with Crippen molar-refractivity contribution in [1.29, 1.82) is 0 Å². The number of ether oxygens (including phenoxy) is 6. The third kappa shape index (κ3) is 27.7. The summed E-state index contributed by atoms with van der Waals surface area (Å²) in [6, 6.07) is 100. The van der Waals surface area contributed by atoms with Gasteiger partial charge in [0.1, 0.15) is 29.6 Å². The molecule has 4 fully saturated rings. The number of hydrogen-bond donors (Lipinski definition) is 0. The number of hydrogen-bond acceptors (Lipinski definition) is 11. The maximum absolute atomic E-state index is 13.8. The Hall–Kier alpha value is -11.0. The summed E-state index contributed by atoms with van der Waals surface area (Å²) < 4.78 is 124. The molecule has 0 atom stereocenters. The van der Waals surface area contributed by atoms with Gasteiger partial charge in [-0.1, -0.05) is 153 Å². The van der Waals surface area contributed by atoms with E-state index in [0.717, 1.165) is 90.1 Å². The lowest BCUT2D eigenvalue weighted by Gasteiger charge is -2.60. The minimum absolute atomic E-state index is 0.0406. The minimum Gasteiger partial charge on any atom is -0.493 e. The van der Waals surface area contributed by atoms with E-state index in [2.05, 4.69) is 210 Å². The molecule has 0 saturated heterocycles.